The van der Waals surface area contributed by atoms with Crippen molar-refractivity contribution in [1.82, 2.24) is 4.98 Å². The molecule has 5 heteroatoms. The van der Waals surface area contributed by atoms with Crippen molar-refractivity contribution >= 4 is 11.6 Å². The molecule has 1 amide bonds. The van der Waals surface area contributed by atoms with E-state index in [0.717, 1.165) is 0 Å². The lowest BCUT2D eigenvalue weighted by Gasteiger charge is -2.19. The molecule has 2 rings (SSSR count). The highest BCUT2D eigenvalue weighted by molar-refractivity contribution is 6.05. The third-order valence-corrected chi connectivity index (χ3v) is 2.69. The van der Waals surface area contributed by atoms with Crippen molar-refractivity contribution < 1.29 is 13.9 Å². The summed E-state index contributed by atoms with van der Waals surface area (Å²) < 4.78 is 18.2. The molecule has 0 bridgehead atoms. The van der Waals surface area contributed by atoms with Gasteiger partial charge in [0.15, 0.2) is 0 Å². The second-order valence-electron chi connectivity index (χ2n) is 3.88. The number of hydrogen-bond acceptors (Lipinski definition) is 3. The molecule has 19 heavy (non-hydrogen) atoms. The van der Waals surface area contributed by atoms with Crippen LogP contribution in [-0.2, 0) is 0 Å². The highest BCUT2D eigenvalue weighted by Crippen LogP contribution is 2.27. The van der Waals surface area contributed by atoms with Crippen molar-refractivity contribution in [1.29, 1.82) is 0 Å². The van der Waals surface area contributed by atoms with Gasteiger partial charge in [0.1, 0.15) is 11.4 Å². The summed E-state index contributed by atoms with van der Waals surface area (Å²) in [5.41, 5.74) is 0.648. The Bertz CT molecular complexity index is 602. The van der Waals surface area contributed by atoms with Gasteiger partial charge in [0.2, 0.25) is 5.95 Å². The minimum Gasteiger partial charge on any atom is -0.495 e. The van der Waals surface area contributed by atoms with E-state index in [1.165, 1.54) is 30.2 Å². The lowest BCUT2D eigenvalue weighted by atomic mass is 10.2. The van der Waals surface area contributed by atoms with E-state index in [2.05, 4.69) is 4.98 Å². The molecule has 0 spiro atoms. The molecule has 0 radical (unpaired) electrons. The fourth-order valence-corrected chi connectivity index (χ4v) is 1.72. The molecule has 0 atom stereocenters. The Morgan fingerprint density at radius 2 is 1.95 bits per heavy atom. The Labute approximate surface area is 110 Å². The molecule has 0 saturated heterocycles. The number of halogens is 1. The topological polar surface area (TPSA) is 42.4 Å². The molecular weight excluding hydrogens is 247 g/mol. The van der Waals surface area contributed by atoms with Gasteiger partial charge in [0.25, 0.3) is 5.91 Å². The van der Waals surface area contributed by atoms with Crippen molar-refractivity contribution in [3.8, 4) is 5.75 Å². The molecule has 4 nitrogen and oxygen atoms in total. The zero-order valence-corrected chi connectivity index (χ0v) is 10.6. The van der Waals surface area contributed by atoms with Gasteiger partial charge < -0.3 is 9.64 Å². The third-order valence-electron chi connectivity index (χ3n) is 2.69. The predicted octanol–water partition coefficient (Wildman–Crippen LogP) is 2.51. The van der Waals surface area contributed by atoms with Gasteiger partial charge in [0, 0.05) is 7.05 Å². The van der Waals surface area contributed by atoms with Crippen LogP contribution in [-0.4, -0.2) is 25.0 Å². The SMILES string of the molecule is COc1ccccc1N(C)C(=O)c1cccc(F)n1. The molecule has 0 aliphatic heterocycles. The summed E-state index contributed by atoms with van der Waals surface area (Å²) in [4.78, 5) is 17.2. The maximum absolute atomic E-state index is 13.0. The van der Waals surface area contributed by atoms with Crippen LogP contribution >= 0.6 is 0 Å². The smallest absolute Gasteiger partial charge is 0.276 e. The second kappa shape index (κ2) is 5.48. The molecule has 1 aromatic heterocycles. The average Bonchev–Trinajstić information content (AvgIpc) is 2.45. The summed E-state index contributed by atoms with van der Waals surface area (Å²) in [5, 5.41) is 0. The first-order valence-corrected chi connectivity index (χ1v) is 5.67. The first kappa shape index (κ1) is 13.0. The van der Waals surface area contributed by atoms with Crippen LogP contribution in [0.3, 0.4) is 0 Å². The van der Waals surface area contributed by atoms with Crippen LogP contribution in [0.25, 0.3) is 0 Å². The molecule has 0 aliphatic carbocycles. The van der Waals surface area contributed by atoms with Crippen molar-refractivity contribution in [3.63, 3.8) is 0 Å². The Morgan fingerprint density at radius 3 is 2.63 bits per heavy atom. The molecule has 0 fully saturated rings. The van der Waals surface area contributed by atoms with Crippen LogP contribution in [0.1, 0.15) is 10.5 Å². The molecule has 1 aromatic carbocycles. The van der Waals surface area contributed by atoms with Crippen molar-refractivity contribution in [3.05, 3.63) is 54.1 Å². The summed E-state index contributed by atoms with van der Waals surface area (Å²) in [7, 11) is 3.12. The van der Waals surface area contributed by atoms with Crippen LogP contribution < -0.4 is 9.64 Å². The maximum atomic E-state index is 13.0. The molecule has 98 valence electrons. The fourth-order valence-electron chi connectivity index (χ4n) is 1.72. The molecule has 0 aliphatic rings. The largest absolute Gasteiger partial charge is 0.495 e. The second-order valence-corrected chi connectivity index (χ2v) is 3.88. The Morgan fingerprint density at radius 1 is 1.21 bits per heavy atom. The van der Waals surface area contributed by atoms with Gasteiger partial charge >= 0.3 is 0 Å². The van der Waals surface area contributed by atoms with Crippen LogP contribution in [0.2, 0.25) is 0 Å². The lowest BCUT2D eigenvalue weighted by molar-refractivity contribution is 0.0986. The van der Waals surface area contributed by atoms with Gasteiger partial charge in [-0.25, -0.2) is 4.98 Å². The van der Waals surface area contributed by atoms with E-state index in [-0.39, 0.29) is 5.69 Å². The normalized spacial score (nSPS) is 10.1. The number of hydrogen-bond donors (Lipinski definition) is 0. The van der Waals surface area contributed by atoms with Crippen LogP contribution in [0.5, 0.6) is 5.75 Å². The average molecular weight is 260 g/mol. The monoisotopic (exact) mass is 260 g/mol. The minimum absolute atomic E-state index is 0.0495. The molecular formula is C14H13FN2O2. The number of amides is 1. The minimum atomic E-state index is -0.681. The van der Waals surface area contributed by atoms with E-state index in [1.807, 2.05) is 0 Å². The van der Waals surface area contributed by atoms with Gasteiger partial charge in [-0.1, -0.05) is 18.2 Å². The third kappa shape index (κ3) is 2.70. The highest BCUT2D eigenvalue weighted by atomic mass is 19.1. The first-order chi connectivity index (χ1) is 9.13. The van der Waals surface area contributed by atoms with Crippen molar-refractivity contribution in [2.24, 2.45) is 0 Å². The van der Waals surface area contributed by atoms with E-state index < -0.39 is 11.9 Å². The van der Waals surface area contributed by atoms with E-state index in [0.29, 0.717) is 11.4 Å². The number of aromatic nitrogens is 1. The van der Waals surface area contributed by atoms with Gasteiger partial charge in [0.05, 0.1) is 12.8 Å². The fraction of sp³-hybridized carbons (Fsp3) is 0.143. The quantitative estimate of drug-likeness (QED) is 0.796. The highest BCUT2D eigenvalue weighted by Gasteiger charge is 2.18. The van der Waals surface area contributed by atoms with Crippen LogP contribution in [0.4, 0.5) is 10.1 Å². The van der Waals surface area contributed by atoms with Crippen LogP contribution in [0, 0.1) is 5.95 Å². The van der Waals surface area contributed by atoms with E-state index >= 15 is 0 Å². The van der Waals surface area contributed by atoms with Gasteiger partial charge in [-0.05, 0) is 24.3 Å². The zero-order valence-electron chi connectivity index (χ0n) is 10.6. The number of carbonyl (C=O) groups excluding carboxylic acids is 1. The predicted molar refractivity (Wildman–Crippen MR) is 69.9 cm³/mol. The number of benzene rings is 1. The number of methoxy groups -OCH3 is 1. The number of para-hydroxylation sites is 2. The Balaban J connectivity index is 2.33. The summed E-state index contributed by atoms with van der Waals surface area (Å²) in [6.45, 7) is 0. The van der Waals surface area contributed by atoms with E-state index in [4.69, 9.17) is 4.74 Å². The Hall–Kier alpha value is -2.43. The van der Waals surface area contributed by atoms with Crippen molar-refractivity contribution in [2.75, 3.05) is 19.1 Å². The summed E-state index contributed by atoms with van der Waals surface area (Å²) in [6, 6.07) is 11.2. The Kier molecular flexibility index (Phi) is 3.75. The molecule has 0 unspecified atom stereocenters. The number of ether oxygens (including phenoxy) is 1. The number of pyridine rings is 1. The summed E-state index contributed by atoms with van der Waals surface area (Å²) in [6.07, 6.45) is 0. The molecule has 0 saturated carbocycles. The first-order valence-electron chi connectivity index (χ1n) is 5.67. The zero-order chi connectivity index (χ0) is 13.8. The molecule has 1 heterocycles. The summed E-state index contributed by atoms with van der Waals surface area (Å²) >= 11 is 0. The number of anilines is 1. The molecule has 2 aromatic rings. The van der Waals surface area contributed by atoms with Crippen LogP contribution in [0.15, 0.2) is 42.5 Å². The van der Waals surface area contributed by atoms with Gasteiger partial charge in [-0.15, -0.1) is 0 Å². The number of nitrogens with zero attached hydrogens (tertiary/aromatic N) is 2. The maximum Gasteiger partial charge on any atom is 0.276 e. The lowest BCUT2D eigenvalue weighted by Crippen LogP contribution is -2.27. The standard InChI is InChI=1S/C14H13FN2O2/c1-17(11-7-3-4-8-12(11)19-2)14(18)10-6-5-9-13(15)16-10/h3-9H,1-2H3. The molecule has 0 N–H and O–H groups in total. The van der Waals surface area contributed by atoms with E-state index in [9.17, 15) is 9.18 Å². The number of rotatable bonds is 3. The van der Waals surface area contributed by atoms with Gasteiger partial charge in [-0.3, -0.25) is 4.79 Å². The van der Waals surface area contributed by atoms with Gasteiger partial charge in [-0.2, -0.15) is 4.39 Å². The summed E-state index contributed by atoms with van der Waals surface area (Å²) in [5.74, 6) is -0.516. The number of carbonyl (C=O) groups is 1. The van der Waals surface area contributed by atoms with E-state index in [1.54, 1.807) is 31.3 Å². The van der Waals surface area contributed by atoms with Crippen molar-refractivity contribution in [2.45, 2.75) is 0 Å².